The molecule has 0 aliphatic carbocycles. The van der Waals surface area contributed by atoms with Gasteiger partial charge in [0.25, 0.3) is 0 Å². The summed E-state index contributed by atoms with van der Waals surface area (Å²) in [6.07, 6.45) is 0.400. The average molecular weight is 241 g/mol. The monoisotopic (exact) mass is 241 g/mol. The van der Waals surface area contributed by atoms with Crippen molar-refractivity contribution in [3.8, 4) is 0 Å². The van der Waals surface area contributed by atoms with Gasteiger partial charge in [0.05, 0.1) is 11.7 Å². The van der Waals surface area contributed by atoms with E-state index < -0.39 is 17.7 Å². The smallest absolute Gasteiger partial charge is 0.129 e. The summed E-state index contributed by atoms with van der Waals surface area (Å²) in [6.45, 7) is 5.24. The second-order valence-electron chi connectivity index (χ2n) is 4.71. The number of benzene rings is 1. The molecule has 1 saturated heterocycles. The molecule has 0 radical (unpaired) electrons. The highest BCUT2D eigenvalue weighted by molar-refractivity contribution is 5.22. The Bertz CT molecular complexity index is 410. The second-order valence-corrected chi connectivity index (χ2v) is 4.71. The van der Waals surface area contributed by atoms with Crippen LogP contribution in [0.25, 0.3) is 0 Å². The summed E-state index contributed by atoms with van der Waals surface area (Å²) >= 11 is 0. The predicted molar refractivity (Wildman–Crippen MR) is 61.7 cm³/mol. The minimum absolute atomic E-state index is 0.289. The van der Waals surface area contributed by atoms with Crippen LogP contribution in [0.15, 0.2) is 18.2 Å². The molecule has 2 atom stereocenters. The van der Waals surface area contributed by atoms with Gasteiger partial charge in [0.2, 0.25) is 0 Å². The van der Waals surface area contributed by atoms with Gasteiger partial charge in [-0.05, 0) is 31.5 Å². The van der Waals surface area contributed by atoms with Crippen LogP contribution in [-0.2, 0) is 4.74 Å². The van der Waals surface area contributed by atoms with Gasteiger partial charge in [-0.1, -0.05) is 6.92 Å². The molecule has 1 aromatic carbocycles. The van der Waals surface area contributed by atoms with Crippen LogP contribution in [0.5, 0.6) is 0 Å². The lowest BCUT2D eigenvalue weighted by Crippen LogP contribution is -2.48. The fraction of sp³-hybridized carbons (Fsp3) is 0.538. The summed E-state index contributed by atoms with van der Waals surface area (Å²) < 4.78 is 32.6. The summed E-state index contributed by atoms with van der Waals surface area (Å²) in [7, 11) is 0. The maximum absolute atomic E-state index is 13.6. The Morgan fingerprint density at radius 2 is 2.24 bits per heavy atom. The topological polar surface area (TPSA) is 21.3 Å². The van der Waals surface area contributed by atoms with E-state index in [9.17, 15) is 8.78 Å². The number of hydrogen-bond donors (Lipinski definition) is 1. The van der Waals surface area contributed by atoms with Crippen molar-refractivity contribution in [3.63, 3.8) is 0 Å². The highest BCUT2D eigenvalue weighted by atomic mass is 19.1. The van der Waals surface area contributed by atoms with Gasteiger partial charge in [0.1, 0.15) is 11.6 Å². The van der Waals surface area contributed by atoms with Gasteiger partial charge in [-0.2, -0.15) is 0 Å². The fourth-order valence-corrected chi connectivity index (χ4v) is 2.04. The first kappa shape index (κ1) is 12.5. The van der Waals surface area contributed by atoms with Crippen LogP contribution in [0.4, 0.5) is 8.78 Å². The van der Waals surface area contributed by atoms with Crippen LogP contribution in [0.2, 0.25) is 0 Å². The van der Waals surface area contributed by atoms with E-state index in [1.54, 1.807) is 0 Å². The maximum Gasteiger partial charge on any atom is 0.129 e. The molecule has 0 amide bonds. The molecule has 17 heavy (non-hydrogen) atoms. The largest absolute Gasteiger partial charge is 0.365 e. The SMILES string of the molecule is CCC1(C)CNCC(c2cc(F)ccc2F)O1. The zero-order chi connectivity index (χ0) is 12.5. The average Bonchev–Trinajstić information content (AvgIpc) is 2.32. The third-order valence-electron chi connectivity index (χ3n) is 3.31. The molecule has 0 saturated carbocycles. The first-order valence-corrected chi connectivity index (χ1v) is 5.87. The molecule has 0 aromatic heterocycles. The van der Waals surface area contributed by atoms with Crippen LogP contribution >= 0.6 is 0 Å². The molecule has 0 spiro atoms. The molecule has 2 rings (SSSR count). The van der Waals surface area contributed by atoms with Crippen LogP contribution in [0, 0.1) is 11.6 Å². The first-order valence-electron chi connectivity index (χ1n) is 5.87. The van der Waals surface area contributed by atoms with E-state index in [0.29, 0.717) is 6.54 Å². The minimum Gasteiger partial charge on any atom is -0.365 e. The molecule has 1 aromatic rings. The van der Waals surface area contributed by atoms with E-state index in [0.717, 1.165) is 25.1 Å². The number of ether oxygens (including phenoxy) is 1. The number of nitrogens with one attached hydrogen (secondary N) is 1. The minimum atomic E-state index is -0.436. The normalized spacial score (nSPS) is 29.3. The molecule has 2 unspecified atom stereocenters. The standard InChI is InChI=1S/C13H17F2NO/c1-3-13(2)8-16-7-12(17-13)10-6-9(14)4-5-11(10)15/h4-6,12,16H,3,7-8H2,1-2H3. The Labute approximate surface area is 100.0 Å². The van der Waals surface area contributed by atoms with Gasteiger partial charge in [-0.25, -0.2) is 8.78 Å². The van der Waals surface area contributed by atoms with Crippen LogP contribution in [-0.4, -0.2) is 18.7 Å². The van der Waals surface area contributed by atoms with Crippen molar-refractivity contribution in [1.29, 1.82) is 0 Å². The maximum atomic E-state index is 13.6. The zero-order valence-electron chi connectivity index (χ0n) is 10.1. The number of morpholine rings is 1. The molecule has 4 heteroatoms. The summed E-state index contributed by atoms with van der Waals surface area (Å²) in [4.78, 5) is 0. The fourth-order valence-electron chi connectivity index (χ4n) is 2.04. The van der Waals surface area contributed by atoms with Gasteiger partial charge in [0.15, 0.2) is 0 Å². The highest BCUT2D eigenvalue weighted by Crippen LogP contribution is 2.30. The van der Waals surface area contributed by atoms with Crippen molar-refractivity contribution in [3.05, 3.63) is 35.4 Å². The van der Waals surface area contributed by atoms with Crippen molar-refractivity contribution in [2.45, 2.75) is 32.0 Å². The third kappa shape index (κ3) is 2.64. The van der Waals surface area contributed by atoms with E-state index >= 15 is 0 Å². The summed E-state index contributed by atoms with van der Waals surface area (Å²) in [5.74, 6) is -0.854. The Hall–Kier alpha value is -1.00. The number of halogens is 2. The van der Waals surface area contributed by atoms with Crippen molar-refractivity contribution in [2.24, 2.45) is 0 Å². The van der Waals surface area contributed by atoms with E-state index in [4.69, 9.17) is 4.74 Å². The van der Waals surface area contributed by atoms with Gasteiger partial charge in [0, 0.05) is 18.7 Å². The Morgan fingerprint density at radius 1 is 1.47 bits per heavy atom. The Morgan fingerprint density at radius 3 is 2.94 bits per heavy atom. The quantitative estimate of drug-likeness (QED) is 0.859. The van der Waals surface area contributed by atoms with Crippen LogP contribution in [0.3, 0.4) is 0 Å². The van der Waals surface area contributed by atoms with Crippen molar-refractivity contribution in [1.82, 2.24) is 5.32 Å². The molecule has 1 aliphatic heterocycles. The summed E-state index contributed by atoms with van der Waals surface area (Å²) in [5, 5.41) is 3.21. The first-order chi connectivity index (χ1) is 8.04. The molecular formula is C13H17F2NO. The third-order valence-corrected chi connectivity index (χ3v) is 3.31. The number of hydrogen-bond acceptors (Lipinski definition) is 2. The zero-order valence-corrected chi connectivity index (χ0v) is 10.1. The second kappa shape index (κ2) is 4.70. The molecule has 1 N–H and O–H groups in total. The molecule has 0 bridgehead atoms. The van der Waals surface area contributed by atoms with Crippen LogP contribution < -0.4 is 5.32 Å². The molecule has 1 heterocycles. The van der Waals surface area contributed by atoms with Crippen LogP contribution in [0.1, 0.15) is 31.9 Å². The van der Waals surface area contributed by atoms with Gasteiger partial charge < -0.3 is 10.1 Å². The van der Waals surface area contributed by atoms with Crippen molar-refractivity contribution < 1.29 is 13.5 Å². The molecular weight excluding hydrogens is 224 g/mol. The lowest BCUT2D eigenvalue weighted by molar-refractivity contribution is -0.110. The summed E-state index contributed by atoms with van der Waals surface area (Å²) in [5.41, 5.74) is -0.0290. The van der Waals surface area contributed by atoms with Crippen molar-refractivity contribution in [2.75, 3.05) is 13.1 Å². The molecule has 94 valence electrons. The predicted octanol–water partition coefficient (Wildman–Crippen LogP) is 2.79. The van der Waals surface area contributed by atoms with Crippen molar-refractivity contribution >= 4 is 0 Å². The lowest BCUT2D eigenvalue weighted by Gasteiger charge is -2.39. The Kier molecular flexibility index (Phi) is 3.45. The molecule has 1 aliphatic rings. The van der Waals surface area contributed by atoms with Gasteiger partial charge in [-0.3, -0.25) is 0 Å². The van der Waals surface area contributed by atoms with E-state index in [2.05, 4.69) is 5.32 Å². The summed E-state index contributed by atoms with van der Waals surface area (Å²) in [6, 6.07) is 3.48. The number of rotatable bonds is 2. The van der Waals surface area contributed by atoms with Gasteiger partial charge >= 0.3 is 0 Å². The lowest BCUT2D eigenvalue weighted by atomic mass is 9.98. The van der Waals surface area contributed by atoms with Gasteiger partial charge in [-0.15, -0.1) is 0 Å². The highest BCUT2D eigenvalue weighted by Gasteiger charge is 2.33. The molecule has 2 nitrogen and oxygen atoms in total. The van der Waals surface area contributed by atoms with E-state index in [1.807, 2.05) is 13.8 Å². The van der Waals surface area contributed by atoms with E-state index in [1.165, 1.54) is 6.07 Å². The van der Waals surface area contributed by atoms with E-state index in [-0.39, 0.29) is 11.2 Å². The molecule has 1 fully saturated rings. The Balaban J connectivity index is 2.24.